The van der Waals surface area contributed by atoms with Crippen LogP contribution in [0.4, 0.5) is 10.1 Å². The molecule has 0 aliphatic carbocycles. The summed E-state index contributed by atoms with van der Waals surface area (Å²) >= 11 is 0. The molecule has 0 aliphatic heterocycles. The van der Waals surface area contributed by atoms with Crippen molar-refractivity contribution >= 4 is 16.5 Å². The standard InChI is InChI=1S/C14H11FN2OS/c15-12-5-13(17)7-14(6-12)19(18)9-11-3-1-10(8-16)2-4-11/h1-7H,9,17H2. The Bertz CT molecular complexity index is 642. The molecule has 0 bridgehead atoms. The Kier molecular flexibility index (Phi) is 3.93. The monoisotopic (exact) mass is 274 g/mol. The molecule has 1 atom stereocenters. The summed E-state index contributed by atoms with van der Waals surface area (Å²) in [5.41, 5.74) is 7.14. The van der Waals surface area contributed by atoms with E-state index in [0.717, 1.165) is 5.56 Å². The number of hydrogen-bond acceptors (Lipinski definition) is 3. The maximum atomic E-state index is 13.2. The van der Waals surface area contributed by atoms with Gasteiger partial charge in [0.2, 0.25) is 0 Å². The summed E-state index contributed by atoms with van der Waals surface area (Å²) < 4.78 is 25.3. The minimum Gasteiger partial charge on any atom is -0.399 e. The fourth-order valence-electron chi connectivity index (χ4n) is 1.63. The Balaban J connectivity index is 2.18. The molecule has 19 heavy (non-hydrogen) atoms. The van der Waals surface area contributed by atoms with Crippen LogP contribution >= 0.6 is 0 Å². The molecule has 0 radical (unpaired) electrons. The van der Waals surface area contributed by atoms with Gasteiger partial charge in [-0.15, -0.1) is 0 Å². The topological polar surface area (TPSA) is 66.9 Å². The average molecular weight is 274 g/mol. The minimum absolute atomic E-state index is 0.253. The van der Waals surface area contributed by atoms with Crippen molar-refractivity contribution in [2.45, 2.75) is 10.6 Å². The summed E-state index contributed by atoms with van der Waals surface area (Å²) in [4.78, 5) is 0.363. The third-order valence-electron chi connectivity index (χ3n) is 2.54. The zero-order valence-corrected chi connectivity index (χ0v) is 10.8. The summed E-state index contributed by atoms with van der Waals surface area (Å²) in [5.74, 6) is -0.239. The summed E-state index contributed by atoms with van der Waals surface area (Å²) in [6, 6.07) is 12.7. The molecule has 0 amide bonds. The van der Waals surface area contributed by atoms with Crippen molar-refractivity contribution in [3.8, 4) is 6.07 Å². The first-order valence-electron chi connectivity index (χ1n) is 5.52. The average Bonchev–Trinajstić information content (AvgIpc) is 2.38. The first-order valence-corrected chi connectivity index (χ1v) is 6.84. The fraction of sp³-hybridized carbons (Fsp3) is 0.0714. The van der Waals surface area contributed by atoms with Gasteiger partial charge in [0.1, 0.15) is 5.82 Å². The quantitative estimate of drug-likeness (QED) is 0.875. The highest BCUT2D eigenvalue weighted by Gasteiger charge is 2.08. The van der Waals surface area contributed by atoms with Crippen LogP contribution in [0.25, 0.3) is 0 Å². The third kappa shape index (κ3) is 3.39. The lowest BCUT2D eigenvalue weighted by atomic mass is 10.2. The normalized spacial score (nSPS) is 11.8. The largest absolute Gasteiger partial charge is 0.399 e. The summed E-state index contributed by atoms with van der Waals surface area (Å²) in [5, 5.41) is 8.68. The van der Waals surface area contributed by atoms with E-state index in [1.165, 1.54) is 18.2 Å². The Hall–Kier alpha value is -2.19. The highest BCUT2D eigenvalue weighted by molar-refractivity contribution is 7.84. The molecule has 1 unspecified atom stereocenters. The van der Waals surface area contributed by atoms with Crippen LogP contribution < -0.4 is 5.73 Å². The van der Waals surface area contributed by atoms with Crippen molar-refractivity contribution in [1.29, 1.82) is 5.26 Å². The molecular weight excluding hydrogens is 263 g/mol. The van der Waals surface area contributed by atoms with Crippen molar-refractivity contribution < 1.29 is 8.60 Å². The van der Waals surface area contributed by atoms with Gasteiger partial charge in [-0.1, -0.05) is 12.1 Å². The van der Waals surface area contributed by atoms with Crippen molar-refractivity contribution in [3.05, 3.63) is 59.4 Å². The van der Waals surface area contributed by atoms with Gasteiger partial charge in [-0.2, -0.15) is 5.26 Å². The van der Waals surface area contributed by atoms with Crippen LogP contribution in [-0.2, 0) is 16.6 Å². The highest BCUT2D eigenvalue weighted by Crippen LogP contribution is 2.17. The van der Waals surface area contributed by atoms with Gasteiger partial charge in [0, 0.05) is 10.6 Å². The van der Waals surface area contributed by atoms with Gasteiger partial charge < -0.3 is 5.73 Å². The molecule has 0 saturated heterocycles. The first kappa shape index (κ1) is 13.2. The number of anilines is 1. The van der Waals surface area contributed by atoms with Crippen molar-refractivity contribution in [3.63, 3.8) is 0 Å². The summed E-state index contributed by atoms with van der Waals surface area (Å²) in [7, 11) is -1.37. The SMILES string of the molecule is N#Cc1ccc(CS(=O)c2cc(N)cc(F)c2)cc1. The van der Waals surface area contributed by atoms with Crippen LogP contribution in [0, 0.1) is 17.1 Å². The van der Waals surface area contributed by atoms with Crippen molar-refractivity contribution in [2.75, 3.05) is 5.73 Å². The van der Waals surface area contributed by atoms with Crippen LogP contribution in [0.5, 0.6) is 0 Å². The third-order valence-corrected chi connectivity index (χ3v) is 3.89. The van der Waals surface area contributed by atoms with Crippen molar-refractivity contribution in [2.24, 2.45) is 0 Å². The number of nitrogens with two attached hydrogens (primary N) is 1. The maximum Gasteiger partial charge on any atom is 0.126 e. The second-order valence-electron chi connectivity index (χ2n) is 4.02. The second kappa shape index (κ2) is 5.63. The van der Waals surface area contributed by atoms with Gasteiger partial charge in [0.15, 0.2) is 0 Å². The predicted molar refractivity (Wildman–Crippen MR) is 72.1 cm³/mol. The van der Waals surface area contributed by atoms with Gasteiger partial charge in [-0.3, -0.25) is 4.21 Å². The summed E-state index contributed by atoms with van der Waals surface area (Å²) in [6.45, 7) is 0. The predicted octanol–water partition coefficient (Wildman–Crippen LogP) is 2.59. The van der Waals surface area contributed by atoms with Gasteiger partial charge >= 0.3 is 0 Å². The van der Waals surface area contributed by atoms with E-state index in [-0.39, 0.29) is 11.4 Å². The Labute approximate surface area is 112 Å². The number of nitrogen functional groups attached to an aromatic ring is 1. The lowest BCUT2D eigenvalue weighted by Crippen LogP contribution is -1.99. The van der Waals surface area contributed by atoms with Crippen LogP contribution in [0.15, 0.2) is 47.4 Å². The van der Waals surface area contributed by atoms with Crippen LogP contribution in [-0.4, -0.2) is 4.21 Å². The molecule has 0 spiro atoms. The lowest BCUT2D eigenvalue weighted by molar-refractivity contribution is 0.623. The Morgan fingerprint density at radius 2 is 1.89 bits per heavy atom. The number of rotatable bonds is 3. The molecule has 0 fully saturated rings. The molecule has 0 heterocycles. The van der Waals surface area contributed by atoms with E-state index in [0.29, 0.717) is 10.5 Å². The fourth-order valence-corrected chi connectivity index (χ4v) is 2.80. The van der Waals surface area contributed by atoms with Crippen LogP contribution in [0.3, 0.4) is 0 Å². The zero-order valence-electron chi connectivity index (χ0n) is 9.97. The highest BCUT2D eigenvalue weighted by atomic mass is 32.2. The lowest BCUT2D eigenvalue weighted by Gasteiger charge is -2.04. The maximum absolute atomic E-state index is 13.2. The molecular formula is C14H11FN2OS. The smallest absolute Gasteiger partial charge is 0.126 e. The van der Waals surface area contributed by atoms with E-state index in [1.54, 1.807) is 24.3 Å². The molecule has 3 nitrogen and oxygen atoms in total. The van der Waals surface area contributed by atoms with E-state index in [2.05, 4.69) is 0 Å². The van der Waals surface area contributed by atoms with E-state index in [9.17, 15) is 8.60 Å². The zero-order chi connectivity index (χ0) is 13.8. The van der Waals surface area contributed by atoms with E-state index in [4.69, 9.17) is 11.0 Å². The van der Waals surface area contributed by atoms with Crippen LogP contribution in [0.1, 0.15) is 11.1 Å². The second-order valence-corrected chi connectivity index (χ2v) is 5.47. The Morgan fingerprint density at radius 1 is 1.21 bits per heavy atom. The van der Waals surface area contributed by atoms with Crippen LogP contribution in [0.2, 0.25) is 0 Å². The number of halogens is 1. The number of benzene rings is 2. The molecule has 5 heteroatoms. The number of hydrogen-bond donors (Lipinski definition) is 1. The first-order chi connectivity index (χ1) is 9.08. The number of nitrogens with zero attached hydrogens (tertiary/aromatic N) is 1. The molecule has 0 saturated carbocycles. The molecule has 0 aliphatic rings. The molecule has 2 aromatic rings. The van der Waals surface area contributed by atoms with Gasteiger partial charge in [-0.05, 0) is 35.9 Å². The van der Waals surface area contributed by atoms with E-state index >= 15 is 0 Å². The van der Waals surface area contributed by atoms with E-state index < -0.39 is 16.6 Å². The molecule has 96 valence electrons. The van der Waals surface area contributed by atoms with E-state index in [1.807, 2.05) is 6.07 Å². The van der Waals surface area contributed by atoms with Gasteiger partial charge in [0.05, 0.1) is 28.2 Å². The molecule has 2 rings (SSSR count). The molecule has 2 N–H and O–H groups in total. The molecule has 0 aromatic heterocycles. The summed E-state index contributed by atoms with van der Waals surface area (Å²) in [6.07, 6.45) is 0. The minimum atomic E-state index is -1.37. The van der Waals surface area contributed by atoms with Crippen molar-refractivity contribution in [1.82, 2.24) is 0 Å². The van der Waals surface area contributed by atoms with Gasteiger partial charge in [-0.25, -0.2) is 4.39 Å². The Morgan fingerprint density at radius 3 is 2.47 bits per heavy atom. The number of nitriles is 1. The molecule has 2 aromatic carbocycles. The van der Waals surface area contributed by atoms with Gasteiger partial charge in [0.25, 0.3) is 0 Å².